The standard InChI is InChI=1S/C12H20N4O/c1-15-9-11(8-14-15)7-12(17)10-16-5-2-3-13-4-6-16/h8-9,13H,2-7,10H2,1H3. The maximum absolute atomic E-state index is 11.9. The van der Waals surface area contributed by atoms with E-state index in [-0.39, 0.29) is 5.78 Å². The molecule has 5 heteroatoms. The van der Waals surface area contributed by atoms with Crippen molar-refractivity contribution in [2.75, 3.05) is 32.7 Å². The lowest BCUT2D eigenvalue weighted by atomic mass is 10.2. The molecule has 17 heavy (non-hydrogen) atoms. The van der Waals surface area contributed by atoms with Crippen LogP contribution in [0, 0.1) is 0 Å². The predicted molar refractivity (Wildman–Crippen MR) is 65.8 cm³/mol. The first kappa shape index (κ1) is 12.3. The van der Waals surface area contributed by atoms with Gasteiger partial charge in [0, 0.05) is 32.8 Å². The lowest BCUT2D eigenvalue weighted by molar-refractivity contribution is -0.119. The fourth-order valence-corrected chi connectivity index (χ4v) is 2.16. The first-order valence-corrected chi connectivity index (χ1v) is 6.16. The fraction of sp³-hybridized carbons (Fsp3) is 0.667. The number of hydrogen-bond donors (Lipinski definition) is 1. The highest BCUT2D eigenvalue weighted by Gasteiger charge is 2.13. The number of Topliss-reactive ketones (excluding diaryl/α,β-unsaturated/α-hetero) is 1. The molecule has 0 unspecified atom stereocenters. The second kappa shape index (κ2) is 5.93. The Balaban J connectivity index is 1.80. The third kappa shape index (κ3) is 3.94. The van der Waals surface area contributed by atoms with E-state index in [1.165, 1.54) is 0 Å². The number of ketones is 1. The van der Waals surface area contributed by atoms with Gasteiger partial charge >= 0.3 is 0 Å². The van der Waals surface area contributed by atoms with E-state index in [1.807, 2.05) is 13.2 Å². The Morgan fingerprint density at radius 3 is 3.12 bits per heavy atom. The molecular weight excluding hydrogens is 216 g/mol. The molecular formula is C12H20N4O. The molecule has 1 aliphatic rings. The predicted octanol–water partition coefficient (Wildman–Crippen LogP) is -0.173. The van der Waals surface area contributed by atoms with Crippen LogP contribution in [0.25, 0.3) is 0 Å². The molecule has 0 atom stereocenters. The smallest absolute Gasteiger partial charge is 0.151 e. The van der Waals surface area contributed by atoms with Crippen LogP contribution in [-0.2, 0) is 18.3 Å². The van der Waals surface area contributed by atoms with Crippen molar-refractivity contribution in [1.82, 2.24) is 20.0 Å². The van der Waals surface area contributed by atoms with Crippen LogP contribution in [0.5, 0.6) is 0 Å². The molecule has 0 aliphatic carbocycles. The second-order valence-corrected chi connectivity index (χ2v) is 4.62. The minimum absolute atomic E-state index is 0.278. The van der Waals surface area contributed by atoms with Gasteiger partial charge in [-0.15, -0.1) is 0 Å². The van der Waals surface area contributed by atoms with Crippen molar-refractivity contribution in [2.24, 2.45) is 7.05 Å². The van der Waals surface area contributed by atoms with E-state index in [9.17, 15) is 4.79 Å². The number of aryl methyl sites for hydroxylation is 1. The topological polar surface area (TPSA) is 50.2 Å². The van der Waals surface area contributed by atoms with Crippen LogP contribution in [0.1, 0.15) is 12.0 Å². The van der Waals surface area contributed by atoms with Gasteiger partial charge in [0.05, 0.1) is 12.7 Å². The van der Waals surface area contributed by atoms with Crippen LogP contribution in [0.15, 0.2) is 12.4 Å². The van der Waals surface area contributed by atoms with Crippen LogP contribution in [-0.4, -0.2) is 53.2 Å². The lowest BCUT2D eigenvalue weighted by Crippen LogP contribution is -2.33. The molecule has 1 aromatic heterocycles. The Morgan fingerprint density at radius 2 is 2.35 bits per heavy atom. The zero-order valence-electron chi connectivity index (χ0n) is 10.4. The van der Waals surface area contributed by atoms with E-state index in [2.05, 4.69) is 15.3 Å². The molecule has 1 aromatic rings. The summed E-state index contributed by atoms with van der Waals surface area (Å²) in [7, 11) is 1.87. The Kier molecular flexibility index (Phi) is 4.28. The van der Waals surface area contributed by atoms with Crippen LogP contribution >= 0.6 is 0 Å². The summed E-state index contributed by atoms with van der Waals surface area (Å²) in [6, 6.07) is 0. The number of nitrogens with one attached hydrogen (secondary N) is 1. The average molecular weight is 236 g/mol. The van der Waals surface area contributed by atoms with Crippen LogP contribution < -0.4 is 5.32 Å². The summed E-state index contributed by atoms with van der Waals surface area (Å²) in [5, 5.41) is 7.41. The van der Waals surface area contributed by atoms with Gasteiger partial charge in [-0.25, -0.2) is 0 Å². The first-order chi connectivity index (χ1) is 8.24. The Morgan fingerprint density at radius 1 is 1.47 bits per heavy atom. The maximum atomic E-state index is 11.9. The monoisotopic (exact) mass is 236 g/mol. The van der Waals surface area contributed by atoms with Crippen LogP contribution in [0.3, 0.4) is 0 Å². The van der Waals surface area contributed by atoms with E-state index in [0.717, 1.165) is 38.2 Å². The van der Waals surface area contributed by atoms with Gasteiger partial charge < -0.3 is 5.32 Å². The van der Waals surface area contributed by atoms with Crippen molar-refractivity contribution >= 4 is 5.78 Å². The minimum atomic E-state index is 0.278. The molecule has 2 heterocycles. The number of hydrogen-bond acceptors (Lipinski definition) is 4. The third-order valence-electron chi connectivity index (χ3n) is 2.99. The Bertz CT molecular complexity index is 366. The van der Waals surface area contributed by atoms with E-state index in [0.29, 0.717) is 13.0 Å². The van der Waals surface area contributed by atoms with E-state index in [4.69, 9.17) is 0 Å². The molecule has 1 N–H and O–H groups in total. The van der Waals surface area contributed by atoms with E-state index < -0.39 is 0 Å². The molecule has 0 saturated carbocycles. The molecule has 0 amide bonds. The second-order valence-electron chi connectivity index (χ2n) is 4.62. The van der Waals surface area contributed by atoms with Gasteiger partial charge in [-0.05, 0) is 25.1 Å². The molecule has 1 saturated heterocycles. The van der Waals surface area contributed by atoms with Gasteiger partial charge in [-0.1, -0.05) is 0 Å². The highest BCUT2D eigenvalue weighted by atomic mass is 16.1. The van der Waals surface area contributed by atoms with Gasteiger partial charge in [0.15, 0.2) is 5.78 Å². The summed E-state index contributed by atoms with van der Waals surface area (Å²) in [5.41, 5.74) is 1.01. The SMILES string of the molecule is Cn1cc(CC(=O)CN2CCCNCC2)cn1. The molecule has 0 spiro atoms. The minimum Gasteiger partial charge on any atom is -0.315 e. The van der Waals surface area contributed by atoms with Crippen LogP contribution in [0.2, 0.25) is 0 Å². The van der Waals surface area contributed by atoms with Crippen molar-refractivity contribution in [3.63, 3.8) is 0 Å². The van der Waals surface area contributed by atoms with Crippen molar-refractivity contribution in [2.45, 2.75) is 12.8 Å². The summed E-state index contributed by atoms with van der Waals surface area (Å²) in [4.78, 5) is 14.1. The quantitative estimate of drug-likeness (QED) is 0.788. The highest BCUT2D eigenvalue weighted by molar-refractivity contribution is 5.82. The molecule has 0 bridgehead atoms. The van der Waals surface area contributed by atoms with Gasteiger partial charge in [0.1, 0.15) is 0 Å². The number of nitrogens with zero attached hydrogens (tertiary/aromatic N) is 3. The van der Waals surface area contributed by atoms with Crippen molar-refractivity contribution < 1.29 is 4.79 Å². The Hall–Kier alpha value is -1.20. The summed E-state index contributed by atoms with van der Waals surface area (Å²) in [5.74, 6) is 0.278. The Labute approximate surface area is 102 Å². The number of carbonyl (C=O) groups excluding carboxylic acids is 1. The zero-order valence-corrected chi connectivity index (χ0v) is 10.4. The van der Waals surface area contributed by atoms with Gasteiger partial charge in [-0.3, -0.25) is 14.4 Å². The third-order valence-corrected chi connectivity index (χ3v) is 2.99. The van der Waals surface area contributed by atoms with Crippen LogP contribution in [0.4, 0.5) is 0 Å². The van der Waals surface area contributed by atoms with Gasteiger partial charge in [0.25, 0.3) is 0 Å². The molecule has 0 aromatic carbocycles. The molecule has 94 valence electrons. The van der Waals surface area contributed by atoms with Crippen molar-refractivity contribution in [1.29, 1.82) is 0 Å². The van der Waals surface area contributed by atoms with E-state index in [1.54, 1.807) is 10.9 Å². The van der Waals surface area contributed by atoms with Gasteiger partial charge in [-0.2, -0.15) is 5.10 Å². The highest BCUT2D eigenvalue weighted by Crippen LogP contribution is 2.01. The number of aromatic nitrogens is 2. The number of rotatable bonds is 4. The van der Waals surface area contributed by atoms with Crippen molar-refractivity contribution in [3.8, 4) is 0 Å². The van der Waals surface area contributed by atoms with Gasteiger partial charge in [0.2, 0.25) is 0 Å². The summed E-state index contributed by atoms with van der Waals surface area (Å²) >= 11 is 0. The summed E-state index contributed by atoms with van der Waals surface area (Å²) < 4.78 is 1.73. The summed E-state index contributed by atoms with van der Waals surface area (Å²) in [6.07, 6.45) is 5.29. The average Bonchev–Trinajstić information content (AvgIpc) is 2.53. The zero-order chi connectivity index (χ0) is 12.1. The molecule has 0 radical (unpaired) electrons. The molecule has 5 nitrogen and oxygen atoms in total. The number of carbonyl (C=O) groups is 1. The van der Waals surface area contributed by atoms with E-state index >= 15 is 0 Å². The largest absolute Gasteiger partial charge is 0.315 e. The lowest BCUT2D eigenvalue weighted by Gasteiger charge is -2.17. The maximum Gasteiger partial charge on any atom is 0.151 e. The summed E-state index contributed by atoms with van der Waals surface area (Å²) in [6.45, 7) is 4.61. The molecule has 1 aliphatic heterocycles. The fourth-order valence-electron chi connectivity index (χ4n) is 2.16. The molecule has 1 fully saturated rings. The first-order valence-electron chi connectivity index (χ1n) is 6.16. The normalized spacial score (nSPS) is 17.9. The molecule has 2 rings (SSSR count). The van der Waals surface area contributed by atoms with Crippen molar-refractivity contribution in [3.05, 3.63) is 18.0 Å².